The Morgan fingerprint density at radius 3 is 2.03 bits per heavy atom. The zero-order chi connectivity index (χ0) is 24.4. The first kappa shape index (κ1) is 26.4. The summed E-state index contributed by atoms with van der Waals surface area (Å²) >= 11 is 0. The highest BCUT2D eigenvalue weighted by Crippen LogP contribution is 2.18. The predicted octanol–water partition coefficient (Wildman–Crippen LogP) is 3.22. The average molecular weight is 474 g/mol. The van der Waals surface area contributed by atoms with E-state index in [1.807, 2.05) is 50.2 Å². The minimum Gasteiger partial charge on any atom is -0.352 e. The van der Waals surface area contributed by atoms with Gasteiger partial charge in [0.05, 0.1) is 11.9 Å². The zero-order valence-corrected chi connectivity index (χ0v) is 20.7. The van der Waals surface area contributed by atoms with Gasteiger partial charge in [-0.2, -0.15) is 0 Å². The van der Waals surface area contributed by atoms with E-state index in [0.29, 0.717) is 25.1 Å². The maximum absolute atomic E-state index is 13.1. The number of amides is 2. The lowest BCUT2D eigenvalue weighted by Gasteiger charge is -2.30. The molecule has 0 bridgehead atoms. The van der Waals surface area contributed by atoms with Gasteiger partial charge in [0.15, 0.2) is 0 Å². The van der Waals surface area contributed by atoms with Crippen LogP contribution in [0.25, 0.3) is 0 Å². The van der Waals surface area contributed by atoms with E-state index in [0.717, 1.165) is 11.8 Å². The van der Waals surface area contributed by atoms with Crippen molar-refractivity contribution in [2.24, 2.45) is 0 Å². The van der Waals surface area contributed by atoms with Crippen molar-refractivity contribution in [2.45, 2.75) is 52.1 Å². The molecule has 0 unspecified atom stereocenters. The van der Waals surface area contributed by atoms with Crippen LogP contribution >= 0.6 is 0 Å². The van der Waals surface area contributed by atoms with Crippen molar-refractivity contribution >= 4 is 27.5 Å². The van der Waals surface area contributed by atoms with Gasteiger partial charge >= 0.3 is 0 Å². The number of rotatable bonds is 12. The number of anilines is 1. The molecule has 0 heterocycles. The van der Waals surface area contributed by atoms with Crippen LogP contribution in [-0.4, -0.2) is 56.6 Å². The molecule has 2 aromatic carbocycles. The van der Waals surface area contributed by atoms with Crippen molar-refractivity contribution in [1.82, 2.24) is 10.2 Å². The number of hydrogen-bond donors (Lipinski definition) is 1. The minimum atomic E-state index is -3.48. The lowest BCUT2D eigenvalue weighted by atomic mass is 10.1. The van der Waals surface area contributed by atoms with E-state index in [-0.39, 0.29) is 30.8 Å². The number of carbonyl (C=O) groups excluding carboxylic acids is 2. The molecule has 0 spiro atoms. The Hall–Kier alpha value is -2.87. The number of benzene rings is 2. The van der Waals surface area contributed by atoms with Crippen molar-refractivity contribution in [1.29, 1.82) is 0 Å². The van der Waals surface area contributed by atoms with E-state index in [2.05, 4.69) is 5.32 Å². The highest BCUT2D eigenvalue weighted by Gasteiger charge is 2.26. The molecule has 1 atom stereocenters. The second kappa shape index (κ2) is 12.4. The Kier molecular flexibility index (Phi) is 9.91. The normalized spacial score (nSPS) is 12.3. The summed E-state index contributed by atoms with van der Waals surface area (Å²) in [6, 6.07) is 18.0. The summed E-state index contributed by atoms with van der Waals surface area (Å²) in [4.78, 5) is 27.4. The molecule has 2 amide bonds. The van der Waals surface area contributed by atoms with E-state index in [1.54, 1.807) is 36.1 Å². The molecule has 2 rings (SSSR count). The van der Waals surface area contributed by atoms with Gasteiger partial charge in [0.25, 0.3) is 0 Å². The Labute approximate surface area is 197 Å². The van der Waals surface area contributed by atoms with E-state index in [9.17, 15) is 18.0 Å². The SMILES string of the molecule is CC(C)NC(=O)[C@H](C)N(CCc1ccccc1)C(=O)CCCN(c1ccccc1)S(C)(=O)=O. The van der Waals surface area contributed by atoms with E-state index < -0.39 is 16.1 Å². The average Bonchev–Trinajstić information content (AvgIpc) is 2.76. The molecule has 0 fully saturated rings. The van der Waals surface area contributed by atoms with Crippen molar-refractivity contribution in [3.63, 3.8) is 0 Å². The summed E-state index contributed by atoms with van der Waals surface area (Å²) < 4.78 is 25.9. The van der Waals surface area contributed by atoms with Gasteiger partial charge in [-0.3, -0.25) is 13.9 Å². The molecular weight excluding hydrogens is 438 g/mol. The van der Waals surface area contributed by atoms with Crippen LogP contribution in [0.15, 0.2) is 60.7 Å². The number of nitrogens with zero attached hydrogens (tertiary/aromatic N) is 2. The number of carbonyl (C=O) groups is 2. The fourth-order valence-electron chi connectivity index (χ4n) is 3.57. The molecule has 0 aliphatic rings. The smallest absolute Gasteiger partial charge is 0.242 e. The molecule has 0 saturated carbocycles. The monoisotopic (exact) mass is 473 g/mol. The summed E-state index contributed by atoms with van der Waals surface area (Å²) in [5.74, 6) is -0.368. The van der Waals surface area contributed by atoms with Crippen molar-refractivity contribution < 1.29 is 18.0 Å². The van der Waals surface area contributed by atoms with Crippen LogP contribution in [0.3, 0.4) is 0 Å². The molecule has 0 saturated heterocycles. The van der Waals surface area contributed by atoms with Crippen molar-refractivity contribution in [2.75, 3.05) is 23.7 Å². The van der Waals surface area contributed by atoms with Gasteiger partial charge in [0.1, 0.15) is 6.04 Å². The van der Waals surface area contributed by atoms with Gasteiger partial charge < -0.3 is 10.2 Å². The molecule has 7 nitrogen and oxygen atoms in total. The van der Waals surface area contributed by atoms with Crippen LogP contribution in [0.1, 0.15) is 39.2 Å². The third kappa shape index (κ3) is 8.53. The molecule has 8 heteroatoms. The molecule has 0 aliphatic heterocycles. The summed E-state index contributed by atoms with van der Waals surface area (Å²) in [6.07, 6.45) is 2.28. The molecule has 0 radical (unpaired) electrons. The summed E-state index contributed by atoms with van der Waals surface area (Å²) in [5, 5.41) is 2.87. The van der Waals surface area contributed by atoms with E-state index >= 15 is 0 Å². The highest BCUT2D eigenvalue weighted by molar-refractivity contribution is 7.92. The van der Waals surface area contributed by atoms with Gasteiger partial charge in [-0.05, 0) is 51.3 Å². The van der Waals surface area contributed by atoms with E-state index in [4.69, 9.17) is 0 Å². The Balaban J connectivity index is 2.08. The Morgan fingerprint density at radius 1 is 0.909 bits per heavy atom. The summed E-state index contributed by atoms with van der Waals surface area (Å²) in [6.45, 7) is 6.08. The number of nitrogens with one attached hydrogen (secondary N) is 1. The van der Waals surface area contributed by atoms with Gasteiger partial charge in [0.2, 0.25) is 21.8 Å². The van der Waals surface area contributed by atoms with Gasteiger partial charge in [-0.15, -0.1) is 0 Å². The first-order chi connectivity index (χ1) is 15.6. The first-order valence-electron chi connectivity index (χ1n) is 11.3. The van der Waals surface area contributed by atoms with Crippen LogP contribution in [0.4, 0.5) is 5.69 Å². The number of sulfonamides is 1. The van der Waals surface area contributed by atoms with Crippen molar-refractivity contribution in [3.8, 4) is 0 Å². The lowest BCUT2D eigenvalue weighted by molar-refractivity contribution is -0.140. The molecule has 180 valence electrons. The highest BCUT2D eigenvalue weighted by atomic mass is 32.2. The second-order valence-electron chi connectivity index (χ2n) is 8.44. The molecule has 0 aromatic heterocycles. The Morgan fingerprint density at radius 2 is 1.48 bits per heavy atom. The molecule has 33 heavy (non-hydrogen) atoms. The summed E-state index contributed by atoms with van der Waals surface area (Å²) in [5.41, 5.74) is 1.65. The Bertz CT molecular complexity index is 995. The topological polar surface area (TPSA) is 86.8 Å². The van der Waals surface area contributed by atoms with Crippen LogP contribution in [0, 0.1) is 0 Å². The standard InChI is InChI=1S/C25H35N3O4S/c1-20(2)26-25(30)21(3)27(19-17-22-12-7-5-8-13-22)24(29)16-11-18-28(33(4,31)32)23-14-9-6-10-15-23/h5-10,12-15,20-21H,11,16-19H2,1-4H3,(H,26,30)/t21-/m0/s1. The molecular formula is C25H35N3O4S. The van der Waals surface area contributed by atoms with Crippen LogP contribution < -0.4 is 9.62 Å². The maximum atomic E-state index is 13.1. The van der Waals surface area contributed by atoms with Gasteiger partial charge in [-0.1, -0.05) is 48.5 Å². The summed E-state index contributed by atoms with van der Waals surface area (Å²) in [7, 11) is -3.48. The number of para-hydroxylation sites is 1. The predicted molar refractivity (Wildman–Crippen MR) is 132 cm³/mol. The molecule has 0 aliphatic carbocycles. The van der Waals surface area contributed by atoms with Gasteiger partial charge in [-0.25, -0.2) is 8.42 Å². The van der Waals surface area contributed by atoms with Crippen molar-refractivity contribution in [3.05, 3.63) is 66.2 Å². The largest absolute Gasteiger partial charge is 0.352 e. The van der Waals surface area contributed by atoms with Crippen LogP contribution in [-0.2, 0) is 26.0 Å². The fourth-order valence-corrected chi connectivity index (χ4v) is 4.54. The quantitative estimate of drug-likeness (QED) is 0.513. The van der Waals surface area contributed by atoms with Crippen LogP contribution in [0.5, 0.6) is 0 Å². The lowest BCUT2D eigenvalue weighted by Crippen LogP contribution is -2.50. The molecule has 2 aromatic rings. The van der Waals surface area contributed by atoms with Crippen LogP contribution in [0.2, 0.25) is 0 Å². The maximum Gasteiger partial charge on any atom is 0.242 e. The first-order valence-corrected chi connectivity index (χ1v) is 13.1. The third-order valence-electron chi connectivity index (χ3n) is 5.28. The third-order valence-corrected chi connectivity index (χ3v) is 6.47. The van der Waals surface area contributed by atoms with E-state index in [1.165, 1.54) is 4.31 Å². The van der Waals surface area contributed by atoms with Gasteiger partial charge in [0, 0.05) is 25.6 Å². The minimum absolute atomic E-state index is 0.0276. The number of hydrogen-bond acceptors (Lipinski definition) is 4. The molecule has 1 N–H and O–H groups in total. The zero-order valence-electron chi connectivity index (χ0n) is 19.9. The fraction of sp³-hybridized carbons (Fsp3) is 0.440. The second-order valence-corrected chi connectivity index (χ2v) is 10.3.